The zero-order chi connectivity index (χ0) is 14.3. The second-order valence-corrected chi connectivity index (χ2v) is 3.89. The summed E-state index contributed by atoms with van der Waals surface area (Å²) in [6.07, 6.45) is 0.825. The molecule has 0 atom stereocenters. The highest BCUT2D eigenvalue weighted by atomic mass is 16.5. The van der Waals surface area contributed by atoms with Crippen LogP contribution in [0.3, 0.4) is 0 Å². The number of nitrogen functional groups attached to an aromatic ring is 1. The number of nitrogens with two attached hydrogens (primary N) is 1. The average molecular weight is 266 g/mol. The maximum Gasteiger partial charge on any atom is 0.342 e. The van der Waals surface area contributed by atoms with Gasteiger partial charge in [0.2, 0.25) is 0 Å². The number of esters is 1. The standard InChI is InChI=1S/C13H18N2O4/c1-3-6-15-12(16)8-19-13(17)10-5-4-9(14)7-11(10)18-2/h4-5,7H,3,6,8,14H2,1-2H3,(H,15,16). The molecule has 0 saturated carbocycles. The third kappa shape index (κ3) is 4.50. The number of hydrogen-bond acceptors (Lipinski definition) is 5. The maximum absolute atomic E-state index is 11.8. The first-order valence-corrected chi connectivity index (χ1v) is 5.95. The van der Waals surface area contributed by atoms with E-state index in [2.05, 4.69) is 5.32 Å². The van der Waals surface area contributed by atoms with Gasteiger partial charge >= 0.3 is 5.97 Å². The summed E-state index contributed by atoms with van der Waals surface area (Å²) in [5.74, 6) is -0.632. The first-order valence-electron chi connectivity index (χ1n) is 5.95. The van der Waals surface area contributed by atoms with Gasteiger partial charge in [0.15, 0.2) is 6.61 Å². The van der Waals surface area contributed by atoms with Crippen molar-refractivity contribution in [1.29, 1.82) is 0 Å². The molecule has 0 aromatic heterocycles. The van der Waals surface area contributed by atoms with Crippen molar-refractivity contribution in [2.24, 2.45) is 0 Å². The van der Waals surface area contributed by atoms with Crippen molar-refractivity contribution < 1.29 is 19.1 Å². The molecule has 0 heterocycles. The number of hydrogen-bond donors (Lipinski definition) is 2. The number of rotatable bonds is 6. The Bertz CT molecular complexity index is 460. The molecule has 1 aromatic carbocycles. The van der Waals surface area contributed by atoms with E-state index in [9.17, 15) is 9.59 Å². The van der Waals surface area contributed by atoms with Crippen LogP contribution >= 0.6 is 0 Å². The third-order valence-corrected chi connectivity index (χ3v) is 2.35. The highest BCUT2D eigenvalue weighted by Crippen LogP contribution is 2.22. The molecule has 0 spiro atoms. The van der Waals surface area contributed by atoms with Crippen LogP contribution in [-0.4, -0.2) is 32.1 Å². The fourth-order valence-corrected chi connectivity index (χ4v) is 1.40. The molecule has 1 aromatic rings. The van der Waals surface area contributed by atoms with Crippen LogP contribution in [0.5, 0.6) is 5.75 Å². The van der Waals surface area contributed by atoms with Crippen molar-refractivity contribution in [1.82, 2.24) is 5.32 Å². The fraction of sp³-hybridized carbons (Fsp3) is 0.385. The van der Waals surface area contributed by atoms with Crippen LogP contribution in [0.2, 0.25) is 0 Å². The first kappa shape index (κ1) is 14.8. The average Bonchev–Trinajstić information content (AvgIpc) is 2.42. The molecule has 1 rings (SSSR count). The molecule has 1 amide bonds. The van der Waals surface area contributed by atoms with Crippen molar-refractivity contribution in [3.8, 4) is 5.75 Å². The Morgan fingerprint density at radius 2 is 2.11 bits per heavy atom. The largest absolute Gasteiger partial charge is 0.496 e. The molecule has 0 saturated heterocycles. The molecule has 0 radical (unpaired) electrons. The summed E-state index contributed by atoms with van der Waals surface area (Å²) in [7, 11) is 1.43. The van der Waals surface area contributed by atoms with Crippen LogP contribution in [0.25, 0.3) is 0 Å². The lowest BCUT2D eigenvalue weighted by atomic mass is 10.2. The molecule has 0 aliphatic rings. The van der Waals surface area contributed by atoms with Gasteiger partial charge in [-0.15, -0.1) is 0 Å². The maximum atomic E-state index is 11.8. The van der Waals surface area contributed by atoms with Gasteiger partial charge in [-0.25, -0.2) is 4.79 Å². The minimum absolute atomic E-state index is 0.236. The molecule has 6 nitrogen and oxygen atoms in total. The van der Waals surface area contributed by atoms with E-state index in [1.54, 1.807) is 6.07 Å². The van der Waals surface area contributed by atoms with Gasteiger partial charge in [0.25, 0.3) is 5.91 Å². The van der Waals surface area contributed by atoms with E-state index in [-0.39, 0.29) is 18.1 Å². The van der Waals surface area contributed by atoms with Crippen molar-refractivity contribution in [3.63, 3.8) is 0 Å². The van der Waals surface area contributed by atoms with E-state index in [1.807, 2.05) is 6.92 Å². The quantitative estimate of drug-likeness (QED) is 0.591. The lowest BCUT2D eigenvalue weighted by Crippen LogP contribution is -2.29. The number of amides is 1. The minimum Gasteiger partial charge on any atom is -0.496 e. The molecule has 0 aliphatic heterocycles. The summed E-state index contributed by atoms with van der Waals surface area (Å²) >= 11 is 0. The van der Waals surface area contributed by atoms with Gasteiger partial charge in [0, 0.05) is 18.3 Å². The highest BCUT2D eigenvalue weighted by Gasteiger charge is 2.15. The third-order valence-electron chi connectivity index (χ3n) is 2.35. The van der Waals surface area contributed by atoms with E-state index >= 15 is 0 Å². The normalized spacial score (nSPS) is 9.79. The molecule has 0 fully saturated rings. The smallest absolute Gasteiger partial charge is 0.342 e. The molecular weight excluding hydrogens is 248 g/mol. The summed E-state index contributed by atoms with van der Waals surface area (Å²) in [6.45, 7) is 2.18. The topological polar surface area (TPSA) is 90.7 Å². The molecule has 3 N–H and O–H groups in total. The number of nitrogens with one attached hydrogen (secondary N) is 1. The lowest BCUT2D eigenvalue weighted by molar-refractivity contribution is -0.124. The number of benzene rings is 1. The molecule has 0 aliphatic carbocycles. The Hall–Kier alpha value is -2.24. The van der Waals surface area contributed by atoms with Gasteiger partial charge in [0.1, 0.15) is 11.3 Å². The molecule has 0 bridgehead atoms. The SMILES string of the molecule is CCCNC(=O)COC(=O)c1ccc(N)cc1OC. The second kappa shape index (κ2) is 7.25. The second-order valence-electron chi connectivity index (χ2n) is 3.89. The Morgan fingerprint density at radius 3 is 2.74 bits per heavy atom. The number of anilines is 1. The fourth-order valence-electron chi connectivity index (χ4n) is 1.40. The van der Waals surface area contributed by atoms with Crippen LogP contribution < -0.4 is 15.8 Å². The molecule has 0 unspecified atom stereocenters. The van der Waals surface area contributed by atoms with Gasteiger partial charge in [-0.05, 0) is 18.6 Å². The lowest BCUT2D eigenvalue weighted by Gasteiger charge is -2.09. The van der Waals surface area contributed by atoms with E-state index < -0.39 is 5.97 Å². The Labute approximate surface area is 111 Å². The highest BCUT2D eigenvalue weighted by molar-refractivity contribution is 5.94. The molecule has 6 heteroatoms. The van der Waals surface area contributed by atoms with Gasteiger partial charge < -0.3 is 20.5 Å². The van der Waals surface area contributed by atoms with Crippen molar-refractivity contribution in [3.05, 3.63) is 23.8 Å². The summed E-state index contributed by atoms with van der Waals surface area (Å²) in [5.41, 5.74) is 6.30. The van der Waals surface area contributed by atoms with Crippen LogP contribution in [0.1, 0.15) is 23.7 Å². The van der Waals surface area contributed by atoms with E-state index in [1.165, 1.54) is 19.2 Å². The van der Waals surface area contributed by atoms with Crippen LogP contribution in [0.4, 0.5) is 5.69 Å². The summed E-state index contributed by atoms with van der Waals surface area (Å²) in [4.78, 5) is 23.1. The van der Waals surface area contributed by atoms with Crippen LogP contribution in [0.15, 0.2) is 18.2 Å². The predicted molar refractivity (Wildman–Crippen MR) is 71.0 cm³/mol. The molecule has 104 valence electrons. The summed E-state index contributed by atoms with van der Waals surface area (Å²) in [5, 5.41) is 2.61. The van der Waals surface area contributed by atoms with Crippen molar-refractivity contribution >= 4 is 17.6 Å². The number of methoxy groups -OCH3 is 1. The monoisotopic (exact) mass is 266 g/mol. The van der Waals surface area contributed by atoms with Crippen molar-refractivity contribution in [2.45, 2.75) is 13.3 Å². The van der Waals surface area contributed by atoms with Gasteiger partial charge in [-0.3, -0.25) is 4.79 Å². The van der Waals surface area contributed by atoms with Crippen molar-refractivity contribution in [2.75, 3.05) is 26.0 Å². The zero-order valence-corrected chi connectivity index (χ0v) is 11.1. The van der Waals surface area contributed by atoms with Gasteiger partial charge in [-0.2, -0.15) is 0 Å². The van der Waals surface area contributed by atoms with Crippen LogP contribution in [0, 0.1) is 0 Å². The number of carbonyl (C=O) groups is 2. The van der Waals surface area contributed by atoms with E-state index in [4.69, 9.17) is 15.2 Å². The molecular formula is C13H18N2O4. The Morgan fingerprint density at radius 1 is 1.37 bits per heavy atom. The zero-order valence-electron chi connectivity index (χ0n) is 11.1. The van der Waals surface area contributed by atoms with Gasteiger partial charge in [0.05, 0.1) is 7.11 Å². The predicted octanol–water partition coefficient (Wildman–Crippen LogP) is 0.960. The van der Waals surface area contributed by atoms with E-state index in [0.29, 0.717) is 18.0 Å². The van der Waals surface area contributed by atoms with Gasteiger partial charge in [-0.1, -0.05) is 6.92 Å². The Kier molecular flexibility index (Phi) is 5.66. The van der Waals surface area contributed by atoms with Crippen LogP contribution in [-0.2, 0) is 9.53 Å². The molecule has 19 heavy (non-hydrogen) atoms. The number of ether oxygens (including phenoxy) is 2. The first-order chi connectivity index (χ1) is 9.08. The minimum atomic E-state index is -0.622. The Balaban J connectivity index is 2.61. The summed E-state index contributed by atoms with van der Waals surface area (Å²) in [6, 6.07) is 4.59. The summed E-state index contributed by atoms with van der Waals surface area (Å²) < 4.78 is 9.94. The van der Waals surface area contributed by atoms with E-state index in [0.717, 1.165) is 6.42 Å². The number of carbonyl (C=O) groups excluding carboxylic acids is 2.